The molecule has 0 aliphatic heterocycles. The van der Waals surface area contributed by atoms with E-state index in [1.54, 1.807) is 45.0 Å². The minimum atomic E-state index is -0.560. The highest BCUT2D eigenvalue weighted by Gasteiger charge is 2.26. The first-order valence-corrected chi connectivity index (χ1v) is 7.43. The normalized spacial score (nSPS) is 18.1. The predicted molar refractivity (Wildman–Crippen MR) is 81.7 cm³/mol. The van der Waals surface area contributed by atoms with Crippen molar-refractivity contribution < 1.29 is 19.1 Å². The zero-order chi connectivity index (χ0) is 16.3. The molecule has 0 aromatic heterocycles. The van der Waals surface area contributed by atoms with Gasteiger partial charge in [-0.25, -0.2) is 4.79 Å². The van der Waals surface area contributed by atoms with Crippen molar-refractivity contribution >= 4 is 17.7 Å². The van der Waals surface area contributed by atoms with E-state index in [0.717, 1.165) is 6.42 Å². The number of hydrogen-bond donors (Lipinski definition) is 1. The van der Waals surface area contributed by atoms with Gasteiger partial charge in [0.15, 0.2) is 5.78 Å². The third kappa shape index (κ3) is 4.16. The molecule has 1 aliphatic rings. The second-order valence-electron chi connectivity index (χ2n) is 6.46. The maximum absolute atomic E-state index is 12.1. The van der Waals surface area contributed by atoms with Crippen molar-refractivity contribution in [1.29, 1.82) is 0 Å². The lowest BCUT2D eigenvalue weighted by atomic mass is 10.1. The minimum Gasteiger partial charge on any atom is -0.456 e. The van der Waals surface area contributed by atoms with E-state index in [9.17, 15) is 14.4 Å². The van der Waals surface area contributed by atoms with Gasteiger partial charge < -0.3 is 10.1 Å². The van der Waals surface area contributed by atoms with Crippen LogP contribution in [0.15, 0.2) is 24.3 Å². The Labute approximate surface area is 130 Å². The number of esters is 1. The van der Waals surface area contributed by atoms with Gasteiger partial charge in [0.25, 0.3) is 5.91 Å². The summed E-state index contributed by atoms with van der Waals surface area (Å²) in [5.74, 6) is -0.639. The molecule has 0 spiro atoms. The molecule has 22 heavy (non-hydrogen) atoms. The third-order valence-electron chi connectivity index (χ3n) is 3.39. The monoisotopic (exact) mass is 303 g/mol. The number of benzene rings is 1. The van der Waals surface area contributed by atoms with Crippen molar-refractivity contribution in [2.45, 2.75) is 51.7 Å². The van der Waals surface area contributed by atoms with Crippen molar-refractivity contribution in [3.63, 3.8) is 0 Å². The number of carbonyl (C=O) groups is 3. The molecular weight excluding hydrogens is 282 g/mol. The van der Waals surface area contributed by atoms with Crippen LogP contribution in [0.4, 0.5) is 0 Å². The van der Waals surface area contributed by atoms with Gasteiger partial charge >= 0.3 is 5.97 Å². The van der Waals surface area contributed by atoms with Crippen molar-refractivity contribution in [1.82, 2.24) is 5.32 Å². The molecule has 0 bridgehead atoms. The highest BCUT2D eigenvalue weighted by atomic mass is 16.6. The zero-order valence-electron chi connectivity index (χ0n) is 13.1. The molecule has 1 N–H and O–H groups in total. The zero-order valence-corrected chi connectivity index (χ0v) is 13.1. The Morgan fingerprint density at radius 2 is 1.73 bits per heavy atom. The summed E-state index contributed by atoms with van der Waals surface area (Å²) < 4.78 is 5.26. The lowest BCUT2D eigenvalue weighted by molar-refractivity contribution is -0.118. The smallest absolute Gasteiger partial charge is 0.338 e. The molecule has 118 valence electrons. The molecule has 1 aromatic carbocycles. The first kappa shape index (κ1) is 16.2. The summed E-state index contributed by atoms with van der Waals surface area (Å²) in [5, 5.41) is 2.73. The van der Waals surface area contributed by atoms with Gasteiger partial charge in [0.05, 0.1) is 11.6 Å². The SMILES string of the molecule is CC(C)(C)OC(=O)c1ccc(C(=O)N[C@@H]2CCCC2=O)cc1. The second-order valence-corrected chi connectivity index (χ2v) is 6.46. The Morgan fingerprint density at radius 3 is 2.23 bits per heavy atom. The molecule has 1 aliphatic carbocycles. The fraction of sp³-hybridized carbons (Fsp3) is 0.471. The van der Waals surface area contributed by atoms with Gasteiger partial charge in [-0.05, 0) is 57.9 Å². The topological polar surface area (TPSA) is 72.5 Å². The Morgan fingerprint density at radius 1 is 1.14 bits per heavy atom. The number of hydrogen-bond acceptors (Lipinski definition) is 4. The van der Waals surface area contributed by atoms with Crippen LogP contribution in [0.5, 0.6) is 0 Å². The van der Waals surface area contributed by atoms with E-state index >= 15 is 0 Å². The molecule has 1 fully saturated rings. The summed E-state index contributed by atoms with van der Waals surface area (Å²) in [4.78, 5) is 35.5. The average molecular weight is 303 g/mol. The number of amides is 1. The number of carbonyl (C=O) groups excluding carboxylic acids is 3. The molecule has 0 unspecified atom stereocenters. The van der Waals surface area contributed by atoms with Crippen LogP contribution in [0, 0.1) is 0 Å². The van der Waals surface area contributed by atoms with E-state index in [4.69, 9.17) is 4.74 Å². The maximum Gasteiger partial charge on any atom is 0.338 e. The Kier molecular flexibility index (Phi) is 4.64. The van der Waals surface area contributed by atoms with E-state index in [1.165, 1.54) is 0 Å². The number of Topliss-reactive ketones (excluding diaryl/α,β-unsaturated/α-hetero) is 1. The number of ether oxygens (including phenoxy) is 1. The summed E-state index contributed by atoms with van der Waals surface area (Å²) in [7, 11) is 0. The number of nitrogens with one attached hydrogen (secondary N) is 1. The van der Waals surface area contributed by atoms with Crippen molar-refractivity contribution in [2.75, 3.05) is 0 Å². The lowest BCUT2D eigenvalue weighted by Crippen LogP contribution is -2.37. The predicted octanol–water partition coefficient (Wildman–Crippen LogP) is 2.49. The van der Waals surface area contributed by atoms with Crippen LogP contribution in [0.25, 0.3) is 0 Å². The second kappa shape index (κ2) is 6.30. The van der Waals surface area contributed by atoms with Gasteiger partial charge in [0.1, 0.15) is 5.60 Å². The quantitative estimate of drug-likeness (QED) is 0.871. The number of rotatable bonds is 3. The molecule has 5 heteroatoms. The van der Waals surface area contributed by atoms with E-state index < -0.39 is 11.6 Å². The van der Waals surface area contributed by atoms with Gasteiger partial charge in [-0.15, -0.1) is 0 Å². The molecule has 0 saturated heterocycles. The standard InChI is InChI=1S/C17H21NO4/c1-17(2,3)22-16(21)12-9-7-11(8-10-12)15(20)18-13-5-4-6-14(13)19/h7-10,13H,4-6H2,1-3H3,(H,18,20)/t13-/m1/s1. The first-order valence-electron chi connectivity index (χ1n) is 7.43. The van der Waals surface area contributed by atoms with Crippen molar-refractivity contribution in [2.24, 2.45) is 0 Å². The Bertz CT molecular complexity index is 584. The molecule has 1 aromatic rings. The van der Waals surface area contributed by atoms with Gasteiger partial charge in [-0.3, -0.25) is 9.59 Å². The largest absolute Gasteiger partial charge is 0.456 e. The van der Waals surface area contributed by atoms with Crippen LogP contribution in [-0.4, -0.2) is 29.3 Å². The first-order chi connectivity index (χ1) is 10.3. The van der Waals surface area contributed by atoms with E-state index in [1.807, 2.05) is 0 Å². The van der Waals surface area contributed by atoms with Crippen LogP contribution in [0.1, 0.15) is 60.7 Å². The molecule has 0 heterocycles. The summed E-state index contributed by atoms with van der Waals surface area (Å²) in [6.07, 6.45) is 2.05. The molecule has 0 radical (unpaired) electrons. The van der Waals surface area contributed by atoms with Crippen molar-refractivity contribution in [3.8, 4) is 0 Å². The summed E-state index contributed by atoms with van der Waals surface area (Å²) in [5.41, 5.74) is 0.256. The fourth-order valence-electron chi connectivity index (χ4n) is 2.30. The van der Waals surface area contributed by atoms with E-state index in [0.29, 0.717) is 24.0 Å². The molecule has 2 rings (SSSR count). The average Bonchev–Trinajstić information content (AvgIpc) is 2.82. The van der Waals surface area contributed by atoms with Gasteiger partial charge in [0, 0.05) is 12.0 Å². The lowest BCUT2D eigenvalue weighted by Gasteiger charge is -2.19. The summed E-state index contributed by atoms with van der Waals surface area (Å²) >= 11 is 0. The van der Waals surface area contributed by atoms with Crippen LogP contribution in [0.2, 0.25) is 0 Å². The van der Waals surface area contributed by atoms with Gasteiger partial charge in [-0.1, -0.05) is 0 Å². The van der Waals surface area contributed by atoms with Crippen LogP contribution >= 0.6 is 0 Å². The number of ketones is 1. The molecule has 1 amide bonds. The van der Waals surface area contributed by atoms with Crippen LogP contribution in [0.3, 0.4) is 0 Å². The molecular formula is C17H21NO4. The summed E-state index contributed by atoms with van der Waals surface area (Å²) in [6.45, 7) is 5.39. The third-order valence-corrected chi connectivity index (χ3v) is 3.39. The highest BCUT2D eigenvalue weighted by Crippen LogP contribution is 2.16. The minimum absolute atomic E-state index is 0.0822. The van der Waals surface area contributed by atoms with Gasteiger partial charge in [0.2, 0.25) is 0 Å². The van der Waals surface area contributed by atoms with Crippen molar-refractivity contribution in [3.05, 3.63) is 35.4 Å². The Balaban J connectivity index is 2.00. The van der Waals surface area contributed by atoms with Gasteiger partial charge in [-0.2, -0.15) is 0 Å². The maximum atomic E-state index is 12.1. The van der Waals surface area contributed by atoms with Crippen LogP contribution < -0.4 is 5.32 Å². The highest BCUT2D eigenvalue weighted by molar-refractivity contribution is 5.99. The van der Waals surface area contributed by atoms with E-state index in [-0.39, 0.29) is 17.7 Å². The summed E-state index contributed by atoms with van der Waals surface area (Å²) in [6, 6.07) is 5.86. The molecule has 5 nitrogen and oxygen atoms in total. The Hall–Kier alpha value is -2.17. The van der Waals surface area contributed by atoms with E-state index in [2.05, 4.69) is 5.32 Å². The molecule has 1 atom stereocenters. The molecule has 1 saturated carbocycles. The fourth-order valence-corrected chi connectivity index (χ4v) is 2.30. The van der Waals surface area contributed by atoms with Crippen LogP contribution in [-0.2, 0) is 9.53 Å².